The number of thiocarbonyl (C=S) groups is 1. The Kier molecular flexibility index (Phi) is 11.5. The third-order valence-electron chi connectivity index (χ3n) is 4.58. The molecule has 0 radical (unpaired) electrons. The Labute approximate surface area is 236 Å². The molecule has 1 fully saturated rings. The van der Waals surface area contributed by atoms with E-state index in [2.05, 4.69) is 6.58 Å². The van der Waals surface area contributed by atoms with Gasteiger partial charge < -0.3 is 9.84 Å². The van der Waals surface area contributed by atoms with Gasteiger partial charge in [-0.1, -0.05) is 50.0 Å². The van der Waals surface area contributed by atoms with Gasteiger partial charge in [0.25, 0.3) is 5.91 Å². The van der Waals surface area contributed by atoms with Gasteiger partial charge in [-0.3, -0.25) is 14.5 Å². The zero-order valence-corrected chi connectivity index (χ0v) is 17.9. The Morgan fingerprint density at radius 2 is 1.84 bits per heavy atom. The van der Waals surface area contributed by atoms with Gasteiger partial charge in [-0.25, -0.2) is 0 Å². The number of amides is 1. The number of benzene rings is 2. The maximum absolute atomic E-state index is 12.2. The molecule has 1 aliphatic rings. The van der Waals surface area contributed by atoms with E-state index in [4.69, 9.17) is 17.0 Å². The number of carbonyl (C=O) groups excluding carboxylic acids is 2. The number of hydrogen-bond donors (Lipinski definition) is 1. The molecule has 0 bridgehead atoms. The van der Waals surface area contributed by atoms with Crippen LogP contribution in [0.25, 0.3) is 0 Å². The van der Waals surface area contributed by atoms with Gasteiger partial charge in [0, 0.05) is 5.56 Å². The van der Waals surface area contributed by atoms with E-state index in [1.54, 1.807) is 30.3 Å². The molecule has 0 atom stereocenters. The van der Waals surface area contributed by atoms with Gasteiger partial charge >= 0.3 is 59.1 Å². The molecule has 1 N–H and O–H groups in total. The van der Waals surface area contributed by atoms with Crippen LogP contribution in [0, 0.1) is 0 Å². The van der Waals surface area contributed by atoms with Crippen LogP contribution < -0.4 is 9.64 Å². The van der Waals surface area contributed by atoms with Crippen LogP contribution in [0.3, 0.4) is 0 Å². The van der Waals surface area contributed by atoms with E-state index in [1.165, 1.54) is 23.6 Å². The second-order valence-electron chi connectivity index (χ2n) is 6.62. The van der Waals surface area contributed by atoms with E-state index in [9.17, 15) is 14.7 Å². The first-order valence-electron chi connectivity index (χ1n) is 9.16. The molecule has 0 aromatic heterocycles. The molecule has 1 saturated heterocycles. The number of hydrogen-bond acceptors (Lipinski definition) is 6. The van der Waals surface area contributed by atoms with Crippen LogP contribution in [0.15, 0.2) is 47.9 Å². The van der Waals surface area contributed by atoms with Gasteiger partial charge in [-0.2, -0.15) is 0 Å². The Morgan fingerprint density at radius 3 is 2.35 bits per heavy atom. The first-order valence-corrected chi connectivity index (χ1v) is 10.4. The minimum atomic E-state index is -0.209. The van der Waals surface area contributed by atoms with E-state index >= 15 is 0 Å². The molecule has 0 unspecified atom stereocenters. The van der Waals surface area contributed by atoms with Gasteiger partial charge in [0.1, 0.15) is 18.1 Å². The SMILES string of the molecule is C=C1SC(=S)N(c2ccc(OCc3ccc(C(C)=O)c(O)c3CCC)cc2)C1=O.[NaH].[NaH]. The topological polar surface area (TPSA) is 66.8 Å². The fourth-order valence-corrected chi connectivity index (χ4v) is 4.26. The Hall–Kier alpha value is -0.640. The Balaban J connectivity index is 0.00000240. The quantitative estimate of drug-likeness (QED) is 0.285. The van der Waals surface area contributed by atoms with E-state index in [1.807, 2.05) is 13.0 Å². The van der Waals surface area contributed by atoms with Crippen LogP contribution in [0.2, 0.25) is 0 Å². The Morgan fingerprint density at radius 1 is 1.19 bits per heavy atom. The number of nitrogens with zero attached hydrogens (tertiary/aromatic N) is 1. The number of ether oxygens (including phenoxy) is 1. The van der Waals surface area contributed by atoms with E-state index < -0.39 is 0 Å². The maximum atomic E-state index is 12.2. The predicted octanol–water partition coefficient (Wildman–Crippen LogP) is 3.71. The molecule has 0 spiro atoms. The second-order valence-corrected chi connectivity index (χ2v) is 8.35. The average Bonchev–Trinajstić information content (AvgIpc) is 2.94. The summed E-state index contributed by atoms with van der Waals surface area (Å²) in [5.74, 6) is 0.280. The molecule has 31 heavy (non-hydrogen) atoms. The van der Waals surface area contributed by atoms with Crippen molar-refractivity contribution in [3.05, 3.63) is 64.6 Å². The van der Waals surface area contributed by atoms with Crippen LogP contribution >= 0.6 is 24.0 Å². The fraction of sp³-hybridized carbons (Fsp3) is 0.227. The molecule has 0 aliphatic carbocycles. The number of anilines is 1. The van der Waals surface area contributed by atoms with Crippen molar-refractivity contribution < 1.29 is 19.4 Å². The molecule has 1 heterocycles. The van der Waals surface area contributed by atoms with Crippen molar-refractivity contribution in [1.82, 2.24) is 0 Å². The second kappa shape index (κ2) is 12.6. The summed E-state index contributed by atoms with van der Waals surface area (Å²) in [6.45, 7) is 7.42. The molecule has 5 nitrogen and oxygen atoms in total. The van der Waals surface area contributed by atoms with Crippen molar-refractivity contribution in [2.75, 3.05) is 4.90 Å². The number of phenolic OH excluding ortho intramolecular Hbond substituents is 1. The fourth-order valence-electron chi connectivity index (χ4n) is 3.10. The summed E-state index contributed by atoms with van der Waals surface area (Å²) in [4.78, 5) is 25.7. The van der Waals surface area contributed by atoms with E-state index in [0.29, 0.717) is 32.6 Å². The molecule has 2 aromatic rings. The molecular formula is C22H23NNa2O4S2. The number of carbonyl (C=O) groups is 2. The van der Waals surface area contributed by atoms with Crippen molar-refractivity contribution in [1.29, 1.82) is 0 Å². The van der Waals surface area contributed by atoms with E-state index in [-0.39, 0.29) is 83.2 Å². The number of thioether (sulfide) groups is 1. The average molecular weight is 476 g/mol. The Bertz CT molecular complexity index is 1010. The first kappa shape index (κ1) is 28.4. The number of rotatable bonds is 7. The van der Waals surface area contributed by atoms with Gasteiger partial charge in [0.2, 0.25) is 0 Å². The summed E-state index contributed by atoms with van der Waals surface area (Å²) in [6, 6.07) is 10.5. The molecule has 154 valence electrons. The number of aromatic hydroxyl groups is 1. The zero-order chi connectivity index (χ0) is 21.1. The molecule has 9 heteroatoms. The summed E-state index contributed by atoms with van der Waals surface area (Å²) in [5.41, 5.74) is 2.56. The van der Waals surface area contributed by atoms with Crippen LogP contribution in [-0.4, -0.2) is 80.2 Å². The summed E-state index contributed by atoms with van der Waals surface area (Å²) in [6.07, 6.45) is 1.49. The standard InChI is InChI=1S/C22H21NO4S2.2Na.2H/c1-4-5-19-15(6-11-18(13(2)24)20(19)25)12-27-17-9-7-16(8-10-17)23-21(26)14(3)29-22(23)28;;;;/h6-11,25H,3-5,12H2,1-2H3;;;;. The summed E-state index contributed by atoms with van der Waals surface area (Å²) in [5, 5.41) is 10.5. The third kappa shape index (κ3) is 6.45. The minimum absolute atomic E-state index is 0. The first-order chi connectivity index (χ1) is 13.8. The number of ketones is 1. The monoisotopic (exact) mass is 475 g/mol. The molecule has 2 aromatic carbocycles. The summed E-state index contributed by atoms with van der Waals surface area (Å²) in [7, 11) is 0. The van der Waals surface area contributed by atoms with Crippen LogP contribution in [0.4, 0.5) is 5.69 Å². The van der Waals surface area contributed by atoms with Crippen molar-refractivity contribution in [2.24, 2.45) is 0 Å². The summed E-state index contributed by atoms with van der Waals surface area (Å²) >= 11 is 6.42. The van der Waals surface area contributed by atoms with Gasteiger partial charge in [-0.05, 0) is 49.2 Å². The van der Waals surface area contributed by atoms with Crippen molar-refractivity contribution >= 4 is 105 Å². The number of phenols is 1. The number of Topliss-reactive ketones (excluding diaryl/α,β-unsaturated/α-hetero) is 1. The third-order valence-corrected chi connectivity index (χ3v) is 5.79. The molecule has 0 saturated carbocycles. The normalized spacial score (nSPS) is 13.0. The van der Waals surface area contributed by atoms with E-state index in [0.717, 1.165) is 17.5 Å². The van der Waals surface area contributed by atoms with Crippen LogP contribution in [-0.2, 0) is 17.8 Å². The van der Waals surface area contributed by atoms with Crippen molar-refractivity contribution in [2.45, 2.75) is 33.3 Å². The summed E-state index contributed by atoms with van der Waals surface area (Å²) < 4.78 is 6.33. The molecule has 3 rings (SSSR count). The van der Waals surface area contributed by atoms with Gasteiger partial charge in [0.05, 0.1) is 16.2 Å². The van der Waals surface area contributed by atoms with Crippen molar-refractivity contribution in [3.8, 4) is 11.5 Å². The van der Waals surface area contributed by atoms with Crippen LogP contribution in [0.5, 0.6) is 11.5 Å². The zero-order valence-electron chi connectivity index (χ0n) is 16.2. The van der Waals surface area contributed by atoms with Crippen molar-refractivity contribution in [3.63, 3.8) is 0 Å². The molecule has 1 aliphatic heterocycles. The van der Waals surface area contributed by atoms with Gasteiger partial charge in [0.15, 0.2) is 10.1 Å². The molecular weight excluding hydrogens is 452 g/mol. The van der Waals surface area contributed by atoms with Gasteiger partial charge in [-0.15, -0.1) is 0 Å². The molecule has 1 amide bonds. The van der Waals surface area contributed by atoms with Crippen LogP contribution in [0.1, 0.15) is 41.8 Å². The predicted molar refractivity (Wildman–Crippen MR) is 134 cm³/mol.